The van der Waals surface area contributed by atoms with Gasteiger partial charge in [0, 0.05) is 8.95 Å². The molecule has 100 valence electrons. The number of hydrogen-bond donors (Lipinski definition) is 0. The molecule has 0 radical (unpaired) electrons. The summed E-state index contributed by atoms with van der Waals surface area (Å²) < 4.78 is 7.09. The van der Waals surface area contributed by atoms with E-state index in [1.54, 1.807) is 7.11 Å². The first kappa shape index (κ1) is 15.4. The minimum absolute atomic E-state index is 0.0846. The van der Waals surface area contributed by atoms with Crippen LogP contribution in [-0.4, -0.2) is 7.11 Å². The van der Waals surface area contributed by atoms with Crippen molar-refractivity contribution in [1.82, 2.24) is 0 Å². The fraction of sp³-hybridized carbons (Fsp3) is 0.143. The van der Waals surface area contributed by atoms with Gasteiger partial charge in [-0.05, 0) is 51.3 Å². The van der Waals surface area contributed by atoms with Crippen molar-refractivity contribution < 1.29 is 4.74 Å². The van der Waals surface area contributed by atoms with Crippen LogP contribution in [0.5, 0.6) is 5.75 Å². The fourth-order valence-corrected chi connectivity index (χ4v) is 3.78. The van der Waals surface area contributed by atoms with Gasteiger partial charge in [0.1, 0.15) is 5.75 Å². The molecule has 0 aromatic heterocycles. The molecule has 5 heteroatoms. The summed E-state index contributed by atoms with van der Waals surface area (Å²) in [5, 5.41) is 0.706. The number of alkyl halides is 1. The van der Waals surface area contributed by atoms with Crippen LogP contribution in [-0.2, 0) is 0 Å². The van der Waals surface area contributed by atoms with Crippen LogP contribution in [0.15, 0.2) is 45.3 Å². The lowest BCUT2D eigenvalue weighted by Gasteiger charge is -2.14. The molecule has 2 rings (SSSR count). The summed E-state index contributed by atoms with van der Waals surface area (Å²) in [6.07, 6.45) is 0. The van der Waals surface area contributed by atoms with Crippen molar-refractivity contribution in [2.45, 2.75) is 4.83 Å². The van der Waals surface area contributed by atoms with Crippen molar-refractivity contribution in [2.75, 3.05) is 7.11 Å². The van der Waals surface area contributed by atoms with Gasteiger partial charge in [0.15, 0.2) is 0 Å². The summed E-state index contributed by atoms with van der Waals surface area (Å²) in [6.45, 7) is 0. The molecule has 2 aromatic carbocycles. The zero-order valence-corrected chi connectivity index (χ0v) is 15.5. The Kier molecular flexibility index (Phi) is 5.35. The van der Waals surface area contributed by atoms with Crippen LogP contribution in [0.4, 0.5) is 0 Å². The maximum Gasteiger partial charge on any atom is 0.120 e. The second-order valence-electron chi connectivity index (χ2n) is 3.92. The Morgan fingerprint density at radius 1 is 1.05 bits per heavy atom. The van der Waals surface area contributed by atoms with E-state index in [2.05, 4.69) is 47.8 Å². The maximum atomic E-state index is 6.01. The average Bonchev–Trinajstić information content (AvgIpc) is 2.41. The molecule has 0 spiro atoms. The van der Waals surface area contributed by atoms with Crippen LogP contribution >= 0.6 is 59.4 Å². The molecule has 0 aliphatic carbocycles. The third kappa shape index (κ3) is 3.54. The zero-order chi connectivity index (χ0) is 14.0. The second kappa shape index (κ2) is 6.61. The van der Waals surface area contributed by atoms with Crippen LogP contribution in [0.25, 0.3) is 0 Å². The van der Waals surface area contributed by atoms with Crippen molar-refractivity contribution in [3.63, 3.8) is 0 Å². The van der Waals surface area contributed by atoms with E-state index in [1.807, 2.05) is 36.4 Å². The van der Waals surface area contributed by atoms with Gasteiger partial charge in [-0.1, -0.05) is 55.6 Å². The molecule has 0 saturated heterocycles. The minimum Gasteiger partial charge on any atom is -0.497 e. The Hall–Kier alpha value is -0.0300. The van der Waals surface area contributed by atoms with Gasteiger partial charge in [0.05, 0.1) is 17.0 Å². The molecule has 0 saturated carbocycles. The third-order valence-corrected chi connectivity index (χ3v) is 5.64. The quantitative estimate of drug-likeness (QED) is 0.476. The molecular formula is C14H10Br3ClO. The van der Waals surface area contributed by atoms with Crippen LogP contribution in [0.3, 0.4) is 0 Å². The summed E-state index contributed by atoms with van der Waals surface area (Å²) >= 11 is 16.7. The number of methoxy groups -OCH3 is 1. The first-order valence-electron chi connectivity index (χ1n) is 5.45. The Labute approximate surface area is 142 Å². The highest BCUT2D eigenvalue weighted by Gasteiger charge is 2.15. The highest BCUT2D eigenvalue weighted by atomic mass is 79.9. The topological polar surface area (TPSA) is 9.23 Å². The molecule has 2 aromatic rings. The SMILES string of the molecule is COc1ccc(C(Br)c2ccc(Cl)c(Br)c2)c(Br)c1. The monoisotopic (exact) mass is 466 g/mol. The molecule has 1 atom stereocenters. The van der Waals surface area contributed by atoms with Gasteiger partial charge in [0.25, 0.3) is 0 Å². The first-order chi connectivity index (χ1) is 9.02. The largest absolute Gasteiger partial charge is 0.497 e. The van der Waals surface area contributed by atoms with Crippen molar-refractivity contribution in [1.29, 1.82) is 0 Å². The highest BCUT2D eigenvalue weighted by molar-refractivity contribution is 9.11. The van der Waals surface area contributed by atoms with Crippen molar-refractivity contribution >= 4 is 59.4 Å². The van der Waals surface area contributed by atoms with Crippen molar-refractivity contribution in [3.05, 3.63) is 61.5 Å². The van der Waals surface area contributed by atoms with Gasteiger partial charge in [-0.25, -0.2) is 0 Å². The molecule has 1 nitrogen and oxygen atoms in total. The molecule has 0 N–H and O–H groups in total. The molecule has 1 unspecified atom stereocenters. The third-order valence-electron chi connectivity index (χ3n) is 2.72. The molecule has 0 aliphatic heterocycles. The van der Waals surface area contributed by atoms with Crippen LogP contribution < -0.4 is 4.74 Å². The van der Waals surface area contributed by atoms with E-state index >= 15 is 0 Å². The molecule has 0 aliphatic rings. The first-order valence-corrected chi connectivity index (χ1v) is 8.33. The fourth-order valence-electron chi connectivity index (χ4n) is 1.69. The number of ether oxygens (including phenoxy) is 1. The van der Waals surface area contributed by atoms with E-state index in [0.29, 0.717) is 5.02 Å². The van der Waals surface area contributed by atoms with Gasteiger partial charge >= 0.3 is 0 Å². The molecule has 0 heterocycles. The van der Waals surface area contributed by atoms with E-state index in [0.717, 1.165) is 25.8 Å². The van der Waals surface area contributed by atoms with Gasteiger partial charge in [-0.15, -0.1) is 0 Å². The summed E-state index contributed by atoms with van der Waals surface area (Å²) in [7, 11) is 1.66. The van der Waals surface area contributed by atoms with E-state index in [9.17, 15) is 0 Å². The normalized spacial score (nSPS) is 12.3. The van der Waals surface area contributed by atoms with Crippen LogP contribution in [0, 0.1) is 0 Å². The second-order valence-corrected chi connectivity index (χ2v) is 6.96. The molecule has 19 heavy (non-hydrogen) atoms. The maximum absolute atomic E-state index is 6.01. The van der Waals surface area contributed by atoms with Crippen molar-refractivity contribution in [3.8, 4) is 5.75 Å². The predicted molar refractivity (Wildman–Crippen MR) is 90.6 cm³/mol. The zero-order valence-electron chi connectivity index (χ0n) is 9.96. The van der Waals surface area contributed by atoms with Gasteiger partial charge < -0.3 is 4.74 Å². The van der Waals surface area contributed by atoms with E-state index in [-0.39, 0.29) is 4.83 Å². The summed E-state index contributed by atoms with van der Waals surface area (Å²) in [6, 6.07) is 11.8. The number of hydrogen-bond acceptors (Lipinski definition) is 1. The predicted octanol–water partition coefficient (Wildman–Crippen LogP) is 6.36. The Balaban J connectivity index is 2.38. The Morgan fingerprint density at radius 2 is 1.79 bits per heavy atom. The smallest absolute Gasteiger partial charge is 0.120 e. The van der Waals surface area contributed by atoms with E-state index < -0.39 is 0 Å². The standard InChI is InChI=1S/C14H10Br3ClO/c1-19-9-3-4-10(11(15)7-9)14(17)8-2-5-13(18)12(16)6-8/h2-7,14H,1H3. The molecule has 0 amide bonds. The number of benzene rings is 2. The minimum atomic E-state index is 0.0846. The van der Waals surface area contributed by atoms with E-state index in [1.165, 1.54) is 0 Å². The van der Waals surface area contributed by atoms with Gasteiger partial charge in [0.2, 0.25) is 0 Å². The lowest BCUT2D eigenvalue weighted by molar-refractivity contribution is 0.414. The lowest BCUT2D eigenvalue weighted by Crippen LogP contribution is -1.95. The van der Waals surface area contributed by atoms with Gasteiger partial charge in [-0.3, -0.25) is 0 Å². The summed E-state index contributed by atoms with van der Waals surface area (Å²) in [4.78, 5) is 0.0846. The lowest BCUT2D eigenvalue weighted by atomic mass is 10.0. The summed E-state index contributed by atoms with van der Waals surface area (Å²) in [5.41, 5.74) is 2.26. The Morgan fingerprint density at radius 3 is 2.37 bits per heavy atom. The van der Waals surface area contributed by atoms with Gasteiger partial charge in [-0.2, -0.15) is 0 Å². The average molecular weight is 469 g/mol. The molecule has 0 bridgehead atoms. The van der Waals surface area contributed by atoms with E-state index in [4.69, 9.17) is 16.3 Å². The highest BCUT2D eigenvalue weighted by Crippen LogP contribution is 2.38. The van der Waals surface area contributed by atoms with Crippen LogP contribution in [0.1, 0.15) is 16.0 Å². The number of rotatable bonds is 3. The van der Waals surface area contributed by atoms with Crippen LogP contribution in [0.2, 0.25) is 5.02 Å². The summed E-state index contributed by atoms with van der Waals surface area (Å²) in [5.74, 6) is 0.826. The molecule has 0 fully saturated rings. The Bertz CT molecular complexity index is 601. The molecular weight excluding hydrogens is 459 g/mol. The van der Waals surface area contributed by atoms with Crippen molar-refractivity contribution in [2.24, 2.45) is 0 Å². The number of halogens is 4.